The van der Waals surface area contributed by atoms with E-state index in [0.29, 0.717) is 5.88 Å². The van der Waals surface area contributed by atoms with Gasteiger partial charge in [-0.2, -0.15) is 0 Å². The van der Waals surface area contributed by atoms with Gasteiger partial charge in [-0.3, -0.25) is 0 Å². The molecule has 1 N–H and O–H groups in total. The Hall–Kier alpha value is -1.87. The van der Waals surface area contributed by atoms with Crippen LogP contribution < -0.4 is 10.1 Å². The van der Waals surface area contributed by atoms with Gasteiger partial charge in [-0.05, 0) is 56.9 Å². The van der Waals surface area contributed by atoms with Crippen LogP contribution in [0.15, 0.2) is 30.5 Å². The van der Waals surface area contributed by atoms with Crippen LogP contribution in [0.4, 0.5) is 0 Å². The minimum absolute atomic E-state index is 0.692. The van der Waals surface area contributed by atoms with Crippen LogP contribution in [0.25, 0.3) is 0 Å². The number of rotatable bonds is 5. The fourth-order valence-corrected chi connectivity index (χ4v) is 2.39. The van der Waals surface area contributed by atoms with Crippen LogP contribution in [0.5, 0.6) is 11.6 Å². The number of hydrogen-bond donors (Lipinski definition) is 1. The molecule has 1 aliphatic rings. The van der Waals surface area contributed by atoms with E-state index in [1.165, 1.54) is 24.0 Å². The average Bonchev–Trinajstić information content (AvgIpc) is 3.26. The molecule has 0 saturated heterocycles. The van der Waals surface area contributed by atoms with E-state index in [2.05, 4.69) is 42.3 Å². The maximum atomic E-state index is 5.96. The standard InChI is InChI=1S/C18H22N2O/c1-12-4-7-17(13(2)8-12)21-18-14(3)9-15(11-20-18)10-19-16-5-6-16/h4,7-9,11,16,19H,5-6,10H2,1-3H3. The summed E-state index contributed by atoms with van der Waals surface area (Å²) in [5.74, 6) is 1.57. The molecule has 1 aromatic heterocycles. The van der Waals surface area contributed by atoms with Gasteiger partial charge in [-0.1, -0.05) is 17.7 Å². The minimum Gasteiger partial charge on any atom is -0.438 e. The lowest BCUT2D eigenvalue weighted by molar-refractivity contribution is 0.454. The molecular formula is C18H22N2O. The number of aryl methyl sites for hydroxylation is 3. The van der Waals surface area contributed by atoms with Crippen LogP contribution in [-0.4, -0.2) is 11.0 Å². The Bertz CT molecular complexity index is 648. The van der Waals surface area contributed by atoms with Crippen molar-refractivity contribution >= 4 is 0 Å². The van der Waals surface area contributed by atoms with Crippen LogP contribution in [0.1, 0.15) is 35.1 Å². The van der Waals surface area contributed by atoms with Crippen molar-refractivity contribution in [3.05, 3.63) is 52.7 Å². The minimum atomic E-state index is 0.692. The molecule has 1 aliphatic carbocycles. The van der Waals surface area contributed by atoms with E-state index in [-0.39, 0.29) is 0 Å². The third-order valence-electron chi connectivity index (χ3n) is 3.80. The average molecular weight is 282 g/mol. The Labute approximate surface area is 126 Å². The summed E-state index contributed by atoms with van der Waals surface area (Å²) in [5.41, 5.74) is 4.67. The number of nitrogens with zero attached hydrogens (tertiary/aromatic N) is 1. The molecule has 0 amide bonds. The summed E-state index contributed by atoms with van der Waals surface area (Å²) < 4.78 is 5.96. The van der Waals surface area contributed by atoms with Gasteiger partial charge >= 0.3 is 0 Å². The second kappa shape index (κ2) is 5.86. The quantitative estimate of drug-likeness (QED) is 0.898. The van der Waals surface area contributed by atoms with Crippen LogP contribution in [0, 0.1) is 20.8 Å². The first-order valence-corrected chi connectivity index (χ1v) is 7.56. The molecule has 3 nitrogen and oxygen atoms in total. The van der Waals surface area contributed by atoms with Crippen molar-refractivity contribution < 1.29 is 4.74 Å². The smallest absolute Gasteiger partial charge is 0.222 e. The van der Waals surface area contributed by atoms with Crippen molar-refractivity contribution in [2.45, 2.75) is 46.2 Å². The number of hydrogen-bond acceptors (Lipinski definition) is 3. The van der Waals surface area contributed by atoms with Gasteiger partial charge in [0.15, 0.2) is 0 Å². The molecule has 0 bridgehead atoms. The Morgan fingerprint density at radius 1 is 1.14 bits per heavy atom. The highest BCUT2D eigenvalue weighted by molar-refractivity contribution is 5.40. The Kier molecular flexibility index (Phi) is 3.93. The third kappa shape index (κ3) is 3.61. The molecule has 0 spiro atoms. The Morgan fingerprint density at radius 2 is 1.95 bits per heavy atom. The highest BCUT2D eigenvalue weighted by Gasteiger charge is 2.20. The summed E-state index contributed by atoms with van der Waals surface area (Å²) in [5, 5.41) is 3.50. The third-order valence-corrected chi connectivity index (χ3v) is 3.80. The van der Waals surface area contributed by atoms with Gasteiger partial charge in [-0.25, -0.2) is 4.98 Å². The van der Waals surface area contributed by atoms with E-state index in [1.807, 2.05) is 19.2 Å². The summed E-state index contributed by atoms with van der Waals surface area (Å²) in [6, 6.07) is 9.07. The highest BCUT2D eigenvalue weighted by atomic mass is 16.5. The van der Waals surface area contributed by atoms with E-state index < -0.39 is 0 Å². The number of aromatic nitrogens is 1. The van der Waals surface area contributed by atoms with Crippen LogP contribution in [0.3, 0.4) is 0 Å². The largest absolute Gasteiger partial charge is 0.438 e. The van der Waals surface area contributed by atoms with E-state index in [1.54, 1.807) is 0 Å². The van der Waals surface area contributed by atoms with Crippen molar-refractivity contribution in [3.8, 4) is 11.6 Å². The molecule has 1 aromatic carbocycles. The van der Waals surface area contributed by atoms with Gasteiger partial charge in [0.25, 0.3) is 0 Å². The lowest BCUT2D eigenvalue weighted by atomic mass is 10.1. The number of nitrogens with one attached hydrogen (secondary N) is 1. The van der Waals surface area contributed by atoms with Crippen molar-refractivity contribution in [1.29, 1.82) is 0 Å². The first-order chi connectivity index (χ1) is 10.1. The molecule has 1 fully saturated rings. The van der Waals surface area contributed by atoms with Gasteiger partial charge in [-0.15, -0.1) is 0 Å². The van der Waals surface area contributed by atoms with E-state index in [4.69, 9.17) is 4.74 Å². The maximum Gasteiger partial charge on any atom is 0.222 e. The monoisotopic (exact) mass is 282 g/mol. The molecule has 0 radical (unpaired) electrons. The van der Waals surface area contributed by atoms with Crippen molar-refractivity contribution in [3.63, 3.8) is 0 Å². The number of benzene rings is 1. The Balaban J connectivity index is 1.72. The van der Waals surface area contributed by atoms with Crippen LogP contribution in [-0.2, 0) is 6.54 Å². The summed E-state index contributed by atoms with van der Waals surface area (Å²) in [7, 11) is 0. The van der Waals surface area contributed by atoms with E-state index >= 15 is 0 Å². The molecule has 1 saturated carbocycles. The topological polar surface area (TPSA) is 34.1 Å². The zero-order chi connectivity index (χ0) is 14.8. The SMILES string of the molecule is Cc1ccc(Oc2ncc(CNC3CC3)cc2C)c(C)c1. The zero-order valence-corrected chi connectivity index (χ0v) is 12.9. The molecule has 3 rings (SSSR count). The summed E-state index contributed by atoms with van der Waals surface area (Å²) in [6.07, 6.45) is 4.52. The van der Waals surface area contributed by atoms with Crippen molar-refractivity contribution in [2.24, 2.45) is 0 Å². The second-order valence-corrected chi connectivity index (χ2v) is 5.99. The van der Waals surface area contributed by atoms with Crippen molar-refractivity contribution in [1.82, 2.24) is 10.3 Å². The van der Waals surface area contributed by atoms with Crippen molar-refractivity contribution in [2.75, 3.05) is 0 Å². The van der Waals surface area contributed by atoms with Gasteiger partial charge in [0, 0.05) is 24.3 Å². The molecular weight excluding hydrogens is 260 g/mol. The molecule has 110 valence electrons. The molecule has 21 heavy (non-hydrogen) atoms. The molecule has 1 heterocycles. The van der Waals surface area contributed by atoms with Crippen LogP contribution >= 0.6 is 0 Å². The van der Waals surface area contributed by atoms with Gasteiger partial charge in [0.05, 0.1) is 0 Å². The normalized spacial score (nSPS) is 14.2. The summed E-state index contributed by atoms with van der Waals surface area (Å²) >= 11 is 0. The van der Waals surface area contributed by atoms with Gasteiger partial charge < -0.3 is 10.1 Å². The van der Waals surface area contributed by atoms with Gasteiger partial charge in [0.2, 0.25) is 5.88 Å². The predicted molar refractivity (Wildman–Crippen MR) is 84.8 cm³/mol. The molecule has 3 heteroatoms. The maximum absolute atomic E-state index is 5.96. The van der Waals surface area contributed by atoms with Gasteiger partial charge in [0.1, 0.15) is 5.75 Å². The predicted octanol–water partition coefficient (Wildman–Crippen LogP) is 4.05. The second-order valence-electron chi connectivity index (χ2n) is 5.99. The number of pyridine rings is 1. The van der Waals surface area contributed by atoms with Crippen LogP contribution in [0.2, 0.25) is 0 Å². The molecule has 0 unspecified atom stereocenters. The lowest BCUT2D eigenvalue weighted by Gasteiger charge is -2.12. The molecule has 2 aromatic rings. The highest BCUT2D eigenvalue weighted by Crippen LogP contribution is 2.27. The van der Waals surface area contributed by atoms with E-state index in [9.17, 15) is 0 Å². The molecule has 0 atom stereocenters. The summed E-state index contributed by atoms with van der Waals surface area (Å²) in [6.45, 7) is 7.09. The Morgan fingerprint density at radius 3 is 2.62 bits per heavy atom. The first kappa shape index (κ1) is 14.1. The fraction of sp³-hybridized carbons (Fsp3) is 0.389. The first-order valence-electron chi connectivity index (χ1n) is 7.56. The fourth-order valence-electron chi connectivity index (χ4n) is 2.39. The zero-order valence-electron chi connectivity index (χ0n) is 12.9. The molecule has 0 aliphatic heterocycles. The van der Waals surface area contributed by atoms with E-state index in [0.717, 1.165) is 29.5 Å². The number of ether oxygens (including phenoxy) is 1. The lowest BCUT2D eigenvalue weighted by Crippen LogP contribution is -2.15. The summed E-state index contributed by atoms with van der Waals surface area (Å²) in [4.78, 5) is 4.47.